The molecule has 30 heavy (non-hydrogen) atoms. The summed E-state index contributed by atoms with van der Waals surface area (Å²) in [6.07, 6.45) is 2.17. The SMILES string of the molecule is CCN(CC)S(=O)(=O)c1ccc(OC)c(CN[C@@H]2CCCN[C@@H]2c2ccccc2)c1. The van der Waals surface area contributed by atoms with E-state index in [0.717, 1.165) is 24.9 Å². The van der Waals surface area contributed by atoms with Gasteiger partial charge in [0.2, 0.25) is 10.0 Å². The fourth-order valence-corrected chi connectivity index (χ4v) is 5.64. The predicted octanol–water partition coefficient (Wildman–Crippen LogP) is 3.31. The molecular weight excluding hydrogens is 398 g/mol. The third kappa shape index (κ3) is 5.03. The van der Waals surface area contributed by atoms with Gasteiger partial charge in [0.05, 0.1) is 12.0 Å². The van der Waals surface area contributed by atoms with Gasteiger partial charge in [-0.1, -0.05) is 44.2 Å². The Balaban J connectivity index is 1.81. The quantitative estimate of drug-likeness (QED) is 0.637. The van der Waals surface area contributed by atoms with Crippen molar-refractivity contribution in [2.75, 3.05) is 26.7 Å². The summed E-state index contributed by atoms with van der Waals surface area (Å²) in [6, 6.07) is 16.1. The van der Waals surface area contributed by atoms with E-state index in [9.17, 15) is 8.42 Å². The van der Waals surface area contributed by atoms with Crippen LogP contribution < -0.4 is 15.4 Å². The Bertz CT molecular complexity index is 915. The maximum absolute atomic E-state index is 12.9. The fourth-order valence-electron chi connectivity index (χ4n) is 4.13. The minimum absolute atomic E-state index is 0.230. The van der Waals surface area contributed by atoms with Crippen LogP contribution in [-0.4, -0.2) is 45.5 Å². The molecule has 1 heterocycles. The number of hydrogen-bond acceptors (Lipinski definition) is 5. The molecule has 0 radical (unpaired) electrons. The molecule has 0 aliphatic carbocycles. The number of ether oxygens (including phenoxy) is 1. The smallest absolute Gasteiger partial charge is 0.243 e. The molecule has 2 aromatic rings. The Kier molecular flexibility index (Phi) is 7.88. The van der Waals surface area contributed by atoms with Crippen molar-refractivity contribution in [3.8, 4) is 5.75 Å². The highest BCUT2D eigenvalue weighted by atomic mass is 32.2. The van der Waals surface area contributed by atoms with Crippen LogP contribution in [0.3, 0.4) is 0 Å². The van der Waals surface area contributed by atoms with Crippen LogP contribution >= 0.6 is 0 Å². The van der Waals surface area contributed by atoms with E-state index >= 15 is 0 Å². The van der Waals surface area contributed by atoms with Crippen LogP contribution in [0.25, 0.3) is 0 Å². The molecule has 2 aromatic carbocycles. The number of methoxy groups -OCH3 is 1. The van der Waals surface area contributed by atoms with Crippen LogP contribution in [0.5, 0.6) is 5.75 Å². The van der Waals surface area contributed by atoms with Gasteiger partial charge in [-0.25, -0.2) is 8.42 Å². The molecule has 1 fully saturated rings. The van der Waals surface area contributed by atoms with Crippen molar-refractivity contribution >= 4 is 10.0 Å². The van der Waals surface area contributed by atoms with Gasteiger partial charge in [-0.2, -0.15) is 4.31 Å². The maximum Gasteiger partial charge on any atom is 0.243 e. The first-order valence-electron chi connectivity index (χ1n) is 10.7. The van der Waals surface area contributed by atoms with Gasteiger partial charge >= 0.3 is 0 Å². The van der Waals surface area contributed by atoms with Crippen LogP contribution in [0.4, 0.5) is 0 Å². The van der Waals surface area contributed by atoms with Crippen molar-refractivity contribution < 1.29 is 13.2 Å². The normalized spacial score (nSPS) is 19.7. The second-order valence-electron chi connectivity index (χ2n) is 7.54. The highest BCUT2D eigenvalue weighted by molar-refractivity contribution is 7.89. The Labute approximate surface area is 180 Å². The molecule has 0 saturated carbocycles. The zero-order valence-corrected chi connectivity index (χ0v) is 18.9. The van der Waals surface area contributed by atoms with E-state index < -0.39 is 10.0 Å². The van der Waals surface area contributed by atoms with E-state index in [0.29, 0.717) is 30.3 Å². The van der Waals surface area contributed by atoms with Crippen molar-refractivity contribution in [1.29, 1.82) is 0 Å². The summed E-state index contributed by atoms with van der Waals surface area (Å²) in [4.78, 5) is 0.310. The summed E-state index contributed by atoms with van der Waals surface area (Å²) in [5, 5.41) is 7.27. The van der Waals surface area contributed by atoms with Crippen LogP contribution in [0, 0.1) is 0 Å². The lowest BCUT2D eigenvalue weighted by Crippen LogP contribution is -2.45. The number of hydrogen-bond donors (Lipinski definition) is 2. The van der Waals surface area contributed by atoms with Crippen molar-refractivity contribution in [3.05, 3.63) is 59.7 Å². The average Bonchev–Trinajstić information content (AvgIpc) is 2.79. The molecule has 1 aliphatic rings. The van der Waals surface area contributed by atoms with E-state index in [1.165, 1.54) is 9.87 Å². The molecule has 0 aromatic heterocycles. The van der Waals surface area contributed by atoms with Gasteiger partial charge in [-0.05, 0) is 43.1 Å². The van der Waals surface area contributed by atoms with Crippen molar-refractivity contribution in [2.45, 2.75) is 50.2 Å². The zero-order valence-electron chi connectivity index (χ0n) is 18.1. The van der Waals surface area contributed by atoms with Gasteiger partial charge in [0.25, 0.3) is 0 Å². The second kappa shape index (κ2) is 10.4. The maximum atomic E-state index is 12.9. The number of nitrogens with one attached hydrogen (secondary N) is 2. The molecule has 1 aliphatic heterocycles. The first-order chi connectivity index (χ1) is 14.5. The number of piperidine rings is 1. The van der Waals surface area contributed by atoms with E-state index in [4.69, 9.17) is 4.74 Å². The molecule has 2 atom stereocenters. The zero-order chi connectivity index (χ0) is 21.6. The Morgan fingerprint density at radius 3 is 2.53 bits per heavy atom. The molecular formula is C23H33N3O3S. The predicted molar refractivity (Wildman–Crippen MR) is 120 cm³/mol. The van der Waals surface area contributed by atoms with Gasteiger partial charge in [0, 0.05) is 37.3 Å². The summed E-state index contributed by atoms with van der Waals surface area (Å²) in [5.74, 6) is 0.695. The van der Waals surface area contributed by atoms with E-state index in [-0.39, 0.29) is 12.1 Å². The summed E-state index contributed by atoms with van der Waals surface area (Å²) in [6.45, 7) is 6.15. The molecule has 0 amide bonds. The van der Waals surface area contributed by atoms with Gasteiger partial charge in [-0.3, -0.25) is 0 Å². The topological polar surface area (TPSA) is 70.7 Å². The number of sulfonamides is 1. The molecule has 0 spiro atoms. The van der Waals surface area contributed by atoms with Crippen LogP contribution in [0.1, 0.15) is 43.9 Å². The molecule has 2 N–H and O–H groups in total. The largest absolute Gasteiger partial charge is 0.496 e. The molecule has 1 saturated heterocycles. The van der Waals surface area contributed by atoms with E-state index in [2.05, 4.69) is 34.9 Å². The summed E-state index contributed by atoms with van der Waals surface area (Å²) < 4.78 is 32.9. The molecule has 7 heteroatoms. The summed E-state index contributed by atoms with van der Waals surface area (Å²) in [5.41, 5.74) is 2.11. The fraction of sp³-hybridized carbons (Fsp3) is 0.478. The lowest BCUT2D eigenvalue weighted by molar-refractivity contribution is 0.302. The van der Waals surface area contributed by atoms with Gasteiger partial charge in [0.1, 0.15) is 5.75 Å². The van der Waals surface area contributed by atoms with E-state index in [1.54, 1.807) is 25.3 Å². The molecule has 0 bridgehead atoms. The van der Waals surface area contributed by atoms with Gasteiger partial charge in [0.15, 0.2) is 0 Å². The first-order valence-corrected chi connectivity index (χ1v) is 12.1. The van der Waals surface area contributed by atoms with Crippen molar-refractivity contribution in [1.82, 2.24) is 14.9 Å². The third-order valence-corrected chi connectivity index (χ3v) is 7.81. The molecule has 164 valence electrons. The Morgan fingerprint density at radius 2 is 1.87 bits per heavy atom. The number of benzene rings is 2. The molecule has 3 rings (SSSR count). The molecule has 6 nitrogen and oxygen atoms in total. The van der Waals surface area contributed by atoms with Gasteiger partial charge < -0.3 is 15.4 Å². The Hall–Kier alpha value is -1.93. The van der Waals surface area contributed by atoms with Crippen molar-refractivity contribution in [2.24, 2.45) is 0 Å². The van der Waals surface area contributed by atoms with Crippen LogP contribution in [0.15, 0.2) is 53.4 Å². The monoisotopic (exact) mass is 431 g/mol. The average molecular weight is 432 g/mol. The lowest BCUT2D eigenvalue weighted by atomic mass is 9.92. The second-order valence-corrected chi connectivity index (χ2v) is 9.47. The minimum Gasteiger partial charge on any atom is -0.496 e. The van der Waals surface area contributed by atoms with Gasteiger partial charge in [-0.15, -0.1) is 0 Å². The standard InChI is InChI=1S/C23H33N3O3S/c1-4-26(5-2)30(27,28)20-13-14-22(29-3)19(16-20)17-25-21-12-9-15-24-23(21)18-10-7-6-8-11-18/h6-8,10-11,13-14,16,21,23-25H,4-5,9,12,15,17H2,1-3H3/t21-,23-/m1/s1. The van der Waals surface area contributed by atoms with Crippen LogP contribution in [0.2, 0.25) is 0 Å². The lowest BCUT2D eigenvalue weighted by Gasteiger charge is -2.34. The minimum atomic E-state index is -3.51. The first kappa shape index (κ1) is 22.7. The highest BCUT2D eigenvalue weighted by Gasteiger charge is 2.27. The third-order valence-electron chi connectivity index (χ3n) is 5.77. The summed E-state index contributed by atoms with van der Waals surface area (Å²) in [7, 11) is -1.89. The Morgan fingerprint density at radius 1 is 1.13 bits per heavy atom. The van der Waals surface area contributed by atoms with Crippen molar-refractivity contribution in [3.63, 3.8) is 0 Å². The number of rotatable bonds is 9. The highest BCUT2D eigenvalue weighted by Crippen LogP contribution is 2.27. The summed E-state index contributed by atoms with van der Waals surface area (Å²) >= 11 is 0. The van der Waals surface area contributed by atoms with E-state index in [1.807, 2.05) is 19.9 Å². The molecule has 0 unspecified atom stereocenters. The van der Waals surface area contributed by atoms with Crippen LogP contribution in [-0.2, 0) is 16.6 Å². The number of nitrogens with zero attached hydrogens (tertiary/aromatic N) is 1.